The minimum Gasteiger partial charge on any atom is -0.385 e. The fraction of sp³-hybridized carbons (Fsp3) is 0.684. The first-order valence-corrected chi connectivity index (χ1v) is 9.38. The van der Waals surface area contributed by atoms with Gasteiger partial charge in [-0.2, -0.15) is 0 Å². The Hall–Kier alpha value is -2.02. The fourth-order valence-corrected chi connectivity index (χ4v) is 2.67. The highest BCUT2D eigenvalue weighted by Gasteiger charge is 2.20. The van der Waals surface area contributed by atoms with Crippen molar-refractivity contribution < 1.29 is 14.3 Å². The van der Waals surface area contributed by atoms with Crippen LogP contribution in [0.15, 0.2) is 12.4 Å². The van der Waals surface area contributed by atoms with Crippen molar-refractivity contribution in [1.29, 1.82) is 0 Å². The number of carbonyl (C=O) groups excluding carboxylic acids is 2. The predicted octanol–water partition coefficient (Wildman–Crippen LogP) is 2.30. The van der Waals surface area contributed by atoms with Crippen molar-refractivity contribution >= 4 is 11.8 Å². The van der Waals surface area contributed by atoms with E-state index >= 15 is 0 Å². The Morgan fingerprint density at radius 2 is 1.69 bits per heavy atom. The number of aryl methyl sites for hydroxylation is 1. The molecule has 0 saturated heterocycles. The van der Waals surface area contributed by atoms with Crippen LogP contribution in [0.4, 0.5) is 0 Å². The highest BCUT2D eigenvalue weighted by atomic mass is 16.5. The van der Waals surface area contributed by atoms with Gasteiger partial charge in [0.05, 0.1) is 11.9 Å². The van der Waals surface area contributed by atoms with Gasteiger partial charge in [0, 0.05) is 52.5 Å². The summed E-state index contributed by atoms with van der Waals surface area (Å²) in [6.07, 6.45) is 5.96. The highest BCUT2D eigenvalue weighted by molar-refractivity contribution is 5.92. The maximum atomic E-state index is 12.7. The topological polar surface area (TPSA) is 75.6 Å². The van der Waals surface area contributed by atoms with E-state index in [0.717, 1.165) is 31.6 Å². The summed E-state index contributed by atoms with van der Waals surface area (Å²) in [5.41, 5.74) is 1.07. The zero-order chi connectivity index (χ0) is 19.4. The molecule has 146 valence electrons. The molecule has 0 radical (unpaired) electrons. The number of hydrogen-bond acceptors (Lipinski definition) is 5. The maximum Gasteiger partial charge on any atom is 0.274 e. The van der Waals surface area contributed by atoms with E-state index < -0.39 is 0 Å². The molecule has 0 N–H and O–H groups in total. The van der Waals surface area contributed by atoms with Crippen LogP contribution in [0.25, 0.3) is 0 Å². The number of methoxy groups -OCH3 is 1. The normalized spacial score (nSPS) is 10.6. The monoisotopic (exact) mass is 364 g/mol. The molecule has 0 saturated carbocycles. The molecule has 7 nitrogen and oxygen atoms in total. The number of amides is 2. The van der Waals surface area contributed by atoms with Gasteiger partial charge in [-0.05, 0) is 26.2 Å². The van der Waals surface area contributed by atoms with Crippen LogP contribution in [0.5, 0.6) is 0 Å². The van der Waals surface area contributed by atoms with Gasteiger partial charge in [0.2, 0.25) is 5.91 Å². The van der Waals surface area contributed by atoms with Crippen LogP contribution in [-0.4, -0.2) is 71.5 Å². The van der Waals surface area contributed by atoms with Gasteiger partial charge in [-0.25, -0.2) is 4.98 Å². The zero-order valence-corrected chi connectivity index (χ0v) is 16.5. The van der Waals surface area contributed by atoms with Crippen LogP contribution >= 0.6 is 0 Å². The first-order chi connectivity index (χ1) is 12.5. The lowest BCUT2D eigenvalue weighted by molar-refractivity contribution is -0.131. The largest absolute Gasteiger partial charge is 0.385 e. The van der Waals surface area contributed by atoms with Crippen molar-refractivity contribution in [2.75, 3.05) is 39.9 Å². The lowest BCUT2D eigenvalue weighted by Gasteiger charge is -2.25. The number of nitrogens with zero attached hydrogens (tertiary/aromatic N) is 4. The second kappa shape index (κ2) is 12.4. The quantitative estimate of drug-likeness (QED) is 0.532. The first kappa shape index (κ1) is 22.0. The third-order valence-electron chi connectivity index (χ3n) is 4.00. The van der Waals surface area contributed by atoms with Gasteiger partial charge in [0.25, 0.3) is 5.91 Å². The summed E-state index contributed by atoms with van der Waals surface area (Å²) in [7, 11) is 1.63. The molecule has 0 aliphatic carbocycles. The van der Waals surface area contributed by atoms with Crippen molar-refractivity contribution in [2.45, 2.75) is 46.5 Å². The standard InChI is InChI=1S/C19H32N4O3/c1-5-9-22(10-6-2)18(24)8-12-23(11-7-13-26-4)19(25)17-15-20-16(3)14-21-17/h14-15H,5-13H2,1-4H3. The molecule has 1 aromatic heterocycles. The van der Waals surface area contributed by atoms with Crippen LogP contribution in [0, 0.1) is 6.92 Å². The molecule has 1 rings (SSSR count). The summed E-state index contributed by atoms with van der Waals surface area (Å²) in [4.78, 5) is 37.1. The molecule has 2 amide bonds. The van der Waals surface area contributed by atoms with Gasteiger partial charge >= 0.3 is 0 Å². The summed E-state index contributed by atoms with van der Waals surface area (Å²) < 4.78 is 5.08. The fourth-order valence-electron chi connectivity index (χ4n) is 2.67. The van der Waals surface area contributed by atoms with E-state index in [1.54, 1.807) is 18.2 Å². The van der Waals surface area contributed by atoms with Crippen LogP contribution in [-0.2, 0) is 9.53 Å². The predicted molar refractivity (Wildman–Crippen MR) is 101 cm³/mol. The van der Waals surface area contributed by atoms with Gasteiger partial charge in [-0.3, -0.25) is 14.6 Å². The van der Waals surface area contributed by atoms with Gasteiger partial charge in [0.15, 0.2) is 0 Å². The van der Waals surface area contributed by atoms with E-state index in [1.165, 1.54) is 6.20 Å². The summed E-state index contributed by atoms with van der Waals surface area (Å²) in [5, 5.41) is 0. The summed E-state index contributed by atoms with van der Waals surface area (Å²) >= 11 is 0. The van der Waals surface area contributed by atoms with E-state index in [4.69, 9.17) is 4.74 Å². The molecule has 0 aliphatic heterocycles. The summed E-state index contributed by atoms with van der Waals surface area (Å²) in [6, 6.07) is 0. The molecule has 1 aromatic rings. The van der Waals surface area contributed by atoms with Gasteiger partial charge in [-0.1, -0.05) is 13.8 Å². The Labute approximate surface area is 156 Å². The molecular weight excluding hydrogens is 332 g/mol. The summed E-state index contributed by atoms with van der Waals surface area (Å²) in [5.74, 6) is -0.104. The van der Waals surface area contributed by atoms with E-state index in [1.807, 2.05) is 11.8 Å². The van der Waals surface area contributed by atoms with Crippen LogP contribution < -0.4 is 0 Å². The smallest absolute Gasteiger partial charge is 0.274 e. The molecule has 0 aliphatic rings. The molecule has 0 aromatic carbocycles. The molecule has 1 heterocycles. The van der Waals surface area contributed by atoms with Crippen LogP contribution in [0.1, 0.15) is 55.7 Å². The van der Waals surface area contributed by atoms with Crippen molar-refractivity contribution in [3.8, 4) is 0 Å². The van der Waals surface area contributed by atoms with Crippen LogP contribution in [0.3, 0.4) is 0 Å². The molecule has 0 bridgehead atoms. The van der Waals surface area contributed by atoms with E-state index in [9.17, 15) is 9.59 Å². The Morgan fingerprint density at radius 3 is 2.23 bits per heavy atom. The Kier molecular flexibility index (Phi) is 10.5. The minimum atomic E-state index is -0.195. The lowest BCUT2D eigenvalue weighted by atomic mass is 10.2. The van der Waals surface area contributed by atoms with Crippen molar-refractivity contribution in [3.05, 3.63) is 23.8 Å². The molecule has 0 fully saturated rings. The number of ether oxygens (including phenoxy) is 1. The van der Waals surface area contributed by atoms with Gasteiger partial charge < -0.3 is 14.5 Å². The van der Waals surface area contributed by atoms with Crippen molar-refractivity contribution in [3.63, 3.8) is 0 Å². The summed E-state index contributed by atoms with van der Waals surface area (Å²) in [6.45, 7) is 8.93. The number of carbonyl (C=O) groups is 2. The molecule has 0 atom stereocenters. The van der Waals surface area contributed by atoms with Gasteiger partial charge in [0.1, 0.15) is 5.69 Å². The third kappa shape index (κ3) is 7.47. The Balaban J connectivity index is 2.74. The highest BCUT2D eigenvalue weighted by Crippen LogP contribution is 2.06. The van der Waals surface area contributed by atoms with E-state index in [-0.39, 0.29) is 11.8 Å². The van der Waals surface area contributed by atoms with Crippen molar-refractivity contribution in [1.82, 2.24) is 19.8 Å². The number of aromatic nitrogens is 2. The van der Waals surface area contributed by atoms with Crippen LogP contribution in [0.2, 0.25) is 0 Å². The average Bonchev–Trinajstić information content (AvgIpc) is 2.64. The molecule has 7 heteroatoms. The second-order valence-corrected chi connectivity index (χ2v) is 6.31. The second-order valence-electron chi connectivity index (χ2n) is 6.31. The van der Waals surface area contributed by atoms with E-state index in [0.29, 0.717) is 38.2 Å². The van der Waals surface area contributed by atoms with E-state index in [2.05, 4.69) is 23.8 Å². The Morgan fingerprint density at radius 1 is 1.00 bits per heavy atom. The minimum absolute atomic E-state index is 0.0910. The maximum absolute atomic E-state index is 12.7. The number of rotatable bonds is 12. The third-order valence-corrected chi connectivity index (χ3v) is 4.00. The molecule has 0 unspecified atom stereocenters. The molecule has 26 heavy (non-hydrogen) atoms. The lowest BCUT2D eigenvalue weighted by Crippen LogP contribution is -2.38. The van der Waals surface area contributed by atoms with Gasteiger partial charge in [-0.15, -0.1) is 0 Å². The Bertz CT molecular complexity index is 542. The average molecular weight is 364 g/mol. The SMILES string of the molecule is CCCN(CCC)C(=O)CCN(CCCOC)C(=O)c1cnc(C)cn1. The molecular formula is C19H32N4O3. The van der Waals surface area contributed by atoms with Crippen molar-refractivity contribution in [2.24, 2.45) is 0 Å². The number of hydrogen-bond donors (Lipinski definition) is 0. The first-order valence-electron chi connectivity index (χ1n) is 9.38. The zero-order valence-electron chi connectivity index (χ0n) is 16.5. The molecule has 0 spiro atoms.